The molecule has 2 aromatic rings. The molecule has 114 valence electrons. The van der Waals surface area contributed by atoms with Crippen LogP contribution in [0.4, 0.5) is 0 Å². The van der Waals surface area contributed by atoms with Crippen LogP contribution in [0.5, 0.6) is 0 Å². The van der Waals surface area contributed by atoms with Gasteiger partial charge in [0, 0.05) is 23.5 Å². The van der Waals surface area contributed by atoms with Gasteiger partial charge in [0.15, 0.2) is 0 Å². The molecule has 0 saturated heterocycles. The topological polar surface area (TPSA) is 29.9 Å². The summed E-state index contributed by atoms with van der Waals surface area (Å²) in [6.45, 7) is 7.90. The van der Waals surface area contributed by atoms with E-state index < -0.39 is 0 Å². The molecular weight excluding hydrogens is 350 g/mol. The van der Waals surface area contributed by atoms with Crippen LogP contribution in [-0.2, 0) is 13.0 Å². The zero-order valence-electron chi connectivity index (χ0n) is 12.7. The summed E-state index contributed by atoms with van der Waals surface area (Å²) in [7, 11) is 0. The standard InChI is InChI=1S/C16H21BrClN3/c1-4-19-14(12-8-6-7-9-13(12)17)10-15-16(18)11(3)20-21(15)5-2/h6-9,14,19H,4-5,10H2,1-3H3. The Morgan fingerprint density at radius 3 is 2.67 bits per heavy atom. The normalized spacial score (nSPS) is 12.6. The number of hydrogen-bond donors (Lipinski definition) is 1. The van der Waals surface area contributed by atoms with Crippen molar-refractivity contribution in [2.24, 2.45) is 0 Å². The van der Waals surface area contributed by atoms with Crippen molar-refractivity contribution in [3.63, 3.8) is 0 Å². The highest BCUT2D eigenvalue weighted by Gasteiger charge is 2.20. The van der Waals surface area contributed by atoms with E-state index in [1.54, 1.807) is 0 Å². The maximum atomic E-state index is 6.44. The van der Waals surface area contributed by atoms with E-state index in [0.29, 0.717) is 0 Å². The number of aryl methyl sites for hydroxylation is 2. The Morgan fingerprint density at radius 1 is 1.33 bits per heavy atom. The van der Waals surface area contributed by atoms with Gasteiger partial charge in [0.25, 0.3) is 0 Å². The third kappa shape index (κ3) is 3.68. The van der Waals surface area contributed by atoms with Crippen molar-refractivity contribution in [3.05, 3.63) is 50.7 Å². The first-order valence-corrected chi connectivity index (χ1v) is 8.45. The molecule has 1 aromatic heterocycles. The molecule has 1 N–H and O–H groups in total. The minimum atomic E-state index is 0.212. The van der Waals surface area contributed by atoms with Crippen LogP contribution in [0.15, 0.2) is 28.7 Å². The molecule has 21 heavy (non-hydrogen) atoms. The molecule has 2 rings (SSSR count). The lowest BCUT2D eigenvalue weighted by Gasteiger charge is -2.20. The summed E-state index contributed by atoms with van der Waals surface area (Å²) in [4.78, 5) is 0. The fourth-order valence-corrected chi connectivity index (χ4v) is 3.33. The van der Waals surface area contributed by atoms with E-state index in [2.05, 4.69) is 58.4 Å². The van der Waals surface area contributed by atoms with Gasteiger partial charge in [0.05, 0.1) is 16.4 Å². The quantitative estimate of drug-likeness (QED) is 0.810. The van der Waals surface area contributed by atoms with Gasteiger partial charge in [-0.2, -0.15) is 5.10 Å². The predicted molar refractivity (Wildman–Crippen MR) is 91.9 cm³/mol. The number of halogens is 2. The van der Waals surface area contributed by atoms with Gasteiger partial charge in [-0.3, -0.25) is 4.68 Å². The smallest absolute Gasteiger partial charge is 0.0847 e. The monoisotopic (exact) mass is 369 g/mol. The Bertz CT molecular complexity index is 610. The van der Waals surface area contributed by atoms with Gasteiger partial charge in [-0.25, -0.2) is 0 Å². The third-order valence-corrected chi connectivity index (χ3v) is 4.80. The molecule has 0 radical (unpaired) electrons. The van der Waals surface area contributed by atoms with Crippen molar-refractivity contribution in [1.29, 1.82) is 0 Å². The highest BCUT2D eigenvalue weighted by Crippen LogP contribution is 2.29. The Labute approximate surface area is 139 Å². The molecule has 0 bridgehead atoms. The maximum absolute atomic E-state index is 6.44. The highest BCUT2D eigenvalue weighted by molar-refractivity contribution is 9.10. The zero-order chi connectivity index (χ0) is 15.4. The summed E-state index contributed by atoms with van der Waals surface area (Å²) in [5.74, 6) is 0. The zero-order valence-corrected chi connectivity index (χ0v) is 15.0. The second kappa shape index (κ2) is 7.43. The van der Waals surface area contributed by atoms with Crippen molar-refractivity contribution in [3.8, 4) is 0 Å². The van der Waals surface area contributed by atoms with Gasteiger partial charge < -0.3 is 5.32 Å². The molecule has 1 aromatic carbocycles. The largest absolute Gasteiger partial charge is 0.310 e. The van der Waals surface area contributed by atoms with E-state index in [4.69, 9.17) is 11.6 Å². The molecule has 0 aliphatic carbocycles. The van der Waals surface area contributed by atoms with E-state index in [1.165, 1.54) is 5.56 Å². The van der Waals surface area contributed by atoms with Gasteiger partial charge in [0.1, 0.15) is 0 Å². The lowest BCUT2D eigenvalue weighted by atomic mass is 10.0. The highest BCUT2D eigenvalue weighted by atomic mass is 79.9. The van der Waals surface area contributed by atoms with Crippen molar-refractivity contribution in [2.45, 2.75) is 39.8 Å². The minimum absolute atomic E-state index is 0.212. The average molecular weight is 371 g/mol. The second-order valence-corrected chi connectivity index (χ2v) is 6.23. The lowest BCUT2D eigenvalue weighted by molar-refractivity contribution is 0.515. The summed E-state index contributed by atoms with van der Waals surface area (Å²) in [5, 5.41) is 8.83. The van der Waals surface area contributed by atoms with Gasteiger partial charge in [-0.1, -0.05) is 52.7 Å². The number of benzene rings is 1. The molecule has 5 heteroatoms. The maximum Gasteiger partial charge on any atom is 0.0847 e. The van der Waals surface area contributed by atoms with Crippen LogP contribution in [0.25, 0.3) is 0 Å². The molecule has 1 atom stereocenters. The number of nitrogens with one attached hydrogen (secondary N) is 1. The molecule has 3 nitrogen and oxygen atoms in total. The number of nitrogens with zero attached hydrogens (tertiary/aromatic N) is 2. The number of hydrogen-bond acceptors (Lipinski definition) is 2. The molecule has 1 heterocycles. The SMILES string of the molecule is CCNC(Cc1c(Cl)c(C)nn1CC)c1ccccc1Br. The molecule has 0 amide bonds. The molecule has 0 spiro atoms. The summed E-state index contributed by atoms with van der Waals surface area (Å²) in [6.07, 6.45) is 0.823. The number of aromatic nitrogens is 2. The first kappa shape index (κ1) is 16.5. The summed E-state index contributed by atoms with van der Waals surface area (Å²) in [5.41, 5.74) is 3.24. The van der Waals surface area contributed by atoms with Gasteiger partial charge >= 0.3 is 0 Å². The van der Waals surface area contributed by atoms with Crippen molar-refractivity contribution in [1.82, 2.24) is 15.1 Å². The average Bonchev–Trinajstić information content (AvgIpc) is 2.75. The second-order valence-electron chi connectivity index (χ2n) is 5.00. The van der Waals surface area contributed by atoms with Gasteiger partial charge in [0.2, 0.25) is 0 Å². The fourth-order valence-electron chi connectivity index (χ4n) is 2.55. The van der Waals surface area contributed by atoms with Crippen LogP contribution in [0.2, 0.25) is 5.02 Å². The van der Waals surface area contributed by atoms with Crippen LogP contribution in [0.1, 0.15) is 36.8 Å². The molecule has 0 aliphatic rings. The fraction of sp³-hybridized carbons (Fsp3) is 0.438. The minimum Gasteiger partial charge on any atom is -0.310 e. The Morgan fingerprint density at radius 2 is 2.05 bits per heavy atom. The molecule has 0 fully saturated rings. The molecular formula is C16H21BrClN3. The van der Waals surface area contributed by atoms with Crippen molar-refractivity contribution in [2.75, 3.05) is 6.54 Å². The summed E-state index contributed by atoms with van der Waals surface area (Å²) >= 11 is 10.1. The van der Waals surface area contributed by atoms with Crippen LogP contribution < -0.4 is 5.32 Å². The first-order chi connectivity index (χ1) is 10.1. The van der Waals surface area contributed by atoms with E-state index in [9.17, 15) is 0 Å². The first-order valence-electron chi connectivity index (χ1n) is 7.28. The van der Waals surface area contributed by atoms with Crippen LogP contribution in [0.3, 0.4) is 0 Å². The third-order valence-electron chi connectivity index (χ3n) is 3.58. The van der Waals surface area contributed by atoms with E-state index in [0.717, 1.165) is 40.4 Å². The van der Waals surface area contributed by atoms with E-state index in [1.807, 2.05) is 17.7 Å². The van der Waals surface area contributed by atoms with E-state index in [-0.39, 0.29) is 6.04 Å². The Kier molecular flexibility index (Phi) is 5.85. The van der Waals surface area contributed by atoms with Gasteiger partial charge in [-0.15, -0.1) is 0 Å². The van der Waals surface area contributed by atoms with Crippen molar-refractivity contribution >= 4 is 27.5 Å². The van der Waals surface area contributed by atoms with Crippen LogP contribution in [0, 0.1) is 6.92 Å². The Balaban J connectivity index is 2.35. The summed E-state index contributed by atoms with van der Waals surface area (Å²) in [6, 6.07) is 8.52. The molecule has 0 aliphatic heterocycles. The Hall–Kier alpha value is -0.840. The van der Waals surface area contributed by atoms with Crippen LogP contribution >= 0.6 is 27.5 Å². The number of rotatable bonds is 6. The predicted octanol–water partition coefficient (Wildman–Crippen LogP) is 4.52. The van der Waals surface area contributed by atoms with Crippen molar-refractivity contribution < 1.29 is 0 Å². The van der Waals surface area contributed by atoms with Gasteiger partial charge in [-0.05, 0) is 32.0 Å². The number of likely N-dealkylation sites (N-methyl/N-ethyl adjacent to an activating group) is 1. The van der Waals surface area contributed by atoms with Crippen LogP contribution in [-0.4, -0.2) is 16.3 Å². The summed E-state index contributed by atoms with van der Waals surface area (Å²) < 4.78 is 3.12. The molecule has 0 saturated carbocycles. The van der Waals surface area contributed by atoms with E-state index >= 15 is 0 Å². The lowest BCUT2D eigenvalue weighted by Crippen LogP contribution is -2.24. The molecule has 1 unspecified atom stereocenters.